The summed E-state index contributed by atoms with van der Waals surface area (Å²) in [7, 11) is 1.72. The predicted molar refractivity (Wildman–Crippen MR) is 74.8 cm³/mol. The van der Waals surface area contributed by atoms with E-state index in [1.54, 1.807) is 24.1 Å². The van der Waals surface area contributed by atoms with Crippen LogP contribution in [0.5, 0.6) is 0 Å². The fourth-order valence-corrected chi connectivity index (χ4v) is 2.72. The molecule has 0 spiro atoms. The number of aliphatic carboxylic acids is 1. The van der Waals surface area contributed by atoms with Gasteiger partial charge < -0.3 is 10.0 Å². The summed E-state index contributed by atoms with van der Waals surface area (Å²) in [4.78, 5) is 24.8. The van der Waals surface area contributed by atoms with E-state index in [4.69, 9.17) is 5.11 Å². The molecule has 0 atom stereocenters. The van der Waals surface area contributed by atoms with Gasteiger partial charge in [0.05, 0.1) is 12.0 Å². The third kappa shape index (κ3) is 4.23. The van der Waals surface area contributed by atoms with Crippen molar-refractivity contribution in [1.82, 2.24) is 4.90 Å². The van der Waals surface area contributed by atoms with Crippen LogP contribution in [0.3, 0.4) is 0 Å². The van der Waals surface area contributed by atoms with Gasteiger partial charge in [-0.15, -0.1) is 0 Å². The quantitative estimate of drug-likeness (QED) is 0.614. The summed E-state index contributed by atoms with van der Waals surface area (Å²) in [6, 6.07) is 0. The standard InChI is InChI=1S/C15H23NO3/c1-3-4-6-9-13(17)16(2)15(12-14(18)19)10-7-5-8-11-15/h3-4,6,9H,5,7-8,10-12H2,1-2H3,(H,18,19). The molecule has 0 radical (unpaired) electrons. The molecule has 1 aliphatic carbocycles. The van der Waals surface area contributed by atoms with Gasteiger partial charge in [0.25, 0.3) is 0 Å². The van der Waals surface area contributed by atoms with E-state index in [0.29, 0.717) is 0 Å². The van der Waals surface area contributed by atoms with E-state index in [2.05, 4.69) is 0 Å². The van der Waals surface area contributed by atoms with Gasteiger partial charge in [0.1, 0.15) is 0 Å². The first-order valence-electron chi connectivity index (χ1n) is 6.81. The van der Waals surface area contributed by atoms with Crippen LogP contribution in [-0.2, 0) is 9.59 Å². The number of nitrogens with zero attached hydrogens (tertiary/aromatic N) is 1. The molecule has 1 aliphatic rings. The zero-order valence-electron chi connectivity index (χ0n) is 11.8. The van der Waals surface area contributed by atoms with Crippen molar-refractivity contribution in [1.29, 1.82) is 0 Å². The summed E-state index contributed by atoms with van der Waals surface area (Å²) in [5.41, 5.74) is -0.512. The maximum absolute atomic E-state index is 12.1. The highest BCUT2D eigenvalue weighted by atomic mass is 16.4. The van der Waals surface area contributed by atoms with Crippen LogP contribution in [-0.4, -0.2) is 34.5 Å². The highest BCUT2D eigenvalue weighted by Gasteiger charge is 2.39. The van der Waals surface area contributed by atoms with Crippen LogP contribution in [0.2, 0.25) is 0 Å². The minimum atomic E-state index is -0.834. The topological polar surface area (TPSA) is 57.6 Å². The third-order valence-electron chi connectivity index (χ3n) is 3.85. The molecule has 0 saturated heterocycles. The molecule has 0 aromatic heterocycles. The van der Waals surface area contributed by atoms with Crippen molar-refractivity contribution >= 4 is 11.9 Å². The maximum Gasteiger partial charge on any atom is 0.305 e. The zero-order valence-corrected chi connectivity index (χ0v) is 11.8. The molecule has 106 valence electrons. The van der Waals surface area contributed by atoms with Crippen LogP contribution in [0.1, 0.15) is 45.4 Å². The summed E-state index contributed by atoms with van der Waals surface area (Å²) in [6.45, 7) is 1.88. The summed E-state index contributed by atoms with van der Waals surface area (Å²) in [5.74, 6) is -0.958. The smallest absolute Gasteiger partial charge is 0.305 e. The molecule has 1 saturated carbocycles. The Morgan fingerprint density at radius 1 is 1.21 bits per heavy atom. The van der Waals surface area contributed by atoms with Gasteiger partial charge in [-0.3, -0.25) is 9.59 Å². The Balaban J connectivity index is 2.84. The van der Waals surface area contributed by atoms with E-state index in [-0.39, 0.29) is 12.3 Å². The predicted octanol–water partition coefficient (Wildman–Crippen LogP) is 2.75. The van der Waals surface area contributed by atoms with Crippen LogP contribution in [0.15, 0.2) is 24.3 Å². The first-order chi connectivity index (χ1) is 9.02. The molecule has 0 heterocycles. The van der Waals surface area contributed by atoms with Crippen molar-refractivity contribution in [2.45, 2.75) is 51.0 Å². The lowest BCUT2D eigenvalue weighted by atomic mass is 9.78. The lowest BCUT2D eigenvalue weighted by molar-refractivity contribution is -0.144. The molecule has 1 fully saturated rings. The first-order valence-corrected chi connectivity index (χ1v) is 6.81. The van der Waals surface area contributed by atoms with Crippen molar-refractivity contribution < 1.29 is 14.7 Å². The number of allylic oxidation sites excluding steroid dienone is 3. The number of carboxylic acid groups (broad SMARTS) is 1. The van der Waals surface area contributed by atoms with Crippen LogP contribution >= 0.6 is 0 Å². The Morgan fingerprint density at radius 2 is 1.84 bits per heavy atom. The molecular formula is C15H23NO3. The summed E-state index contributed by atoms with van der Waals surface area (Å²) < 4.78 is 0. The third-order valence-corrected chi connectivity index (χ3v) is 3.85. The monoisotopic (exact) mass is 265 g/mol. The Bertz CT molecular complexity index is 379. The fourth-order valence-electron chi connectivity index (χ4n) is 2.72. The van der Waals surface area contributed by atoms with E-state index >= 15 is 0 Å². The second-order valence-corrected chi connectivity index (χ2v) is 5.14. The van der Waals surface area contributed by atoms with Gasteiger partial charge in [0.15, 0.2) is 0 Å². The number of likely N-dealkylation sites (N-methyl/N-ethyl adjacent to an activating group) is 1. The molecule has 0 aromatic rings. The summed E-state index contributed by atoms with van der Waals surface area (Å²) in [5, 5.41) is 9.11. The number of carbonyl (C=O) groups is 2. The molecule has 0 bridgehead atoms. The van der Waals surface area contributed by atoms with Crippen LogP contribution in [0, 0.1) is 0 Å². The van der Waals surface area contributed by atoms with E-state index in [9.17, 15) is 9.59 Å². The molecule has 1 rings (SSSR count). The van der Waals surface area contributed by atoms with Crippen LogP contribution in [0.25, 0.3) is 0 Å². The van der Waals surface area contributed by atoms with Gasteiger partial charge in [0.2, 0.25) is 5.91 Å². The summed E-state index contributed by atoms with van der Waals surface area (Å²) >= 11 is 0. The van der Waals surface area contributed by atoms with Crippen molar-refractivity contribution in [2.75, 3.05) is 7.05 Å². The van der Waals surface area contributed by atoms with Crippen LogP contribution < -0.4 is 0 Å². The van der Waals surface area contributed by atoms with Gasteiger partial charge in [-0.25, -0.2) is 0 Å². The number of carboxylic acids is 1. The molecule has 0 aliphatic heterocycles. The molecular weight excluding hydrogens is 242 g/mol. The lowest BCUT2D eigenvalue weighted by Gasteiger charge is -2.43. The second-order valence-electron chi connectivity index (χ2n) is 5.14. The van der Waals surface area contributed by atoms with Crippen molar-refractivity contribution in [3.05, 3.63) is 24.3 Å². The number of hydrogen-bond donors (Lipinski definition) is 1. The Morgan fingerprint density at radius 3 is 2.37 bits per heavy atom. The van der Waals surface area contributed by atoms with E-state index < -0.39 is 11.5 Å². The minimum Gasteiger partial charge on any atom is -0.481 e. The van der Waals surface area contributed by atoms with E-state index in [1.807, 2.05) is 13.0 Å². The average Bonchev–Trinajstić information content (AvgIpc) is 2.38. The molecule has 1 N–H and O–H groups in total. The zero-order chi connectivity index (χ0) is 14.3. The minimum absolute atomic E-state index is 0.0344. The molecule has 4 heteroatoms. The summed E-state index contributed by atoms with van der Waals surface area (Å²) in [6.07, 6.45) is 11.5. The number of rotatable bonds is 5. The molecule has 0 unspecified atom stereocenters. The number of hydrogen-bond acceptors (Lipinski definition) is 2. The highest BCUT2D eigenvalue weighted by molar-refractivity contribution is 5.88. The second kappa shape index (κ2) is 7.12. The number of carbonyl (C=O) groups excluding carboxylic acids is 1. The van der Waals surface area contributed by atoms with Gasteiger partial charge in [-0.05, 0) is 19.8 Å². The Kier molecular flexibility index (Phi) is 5.80. The average molecular weight is 265 g/mol. The molecule has 0 aromatic carbocycles. The van der Waals surface area contributed by atoms with Gasteiger partial charge >= 0.3 is 5.97 Å². The van der Waals surface area contributed by atoms with Gasteiger partial charge in [-0.1, -0.05) is 37.5 Å². The van der Waals surface area contributed by atoms with E-state index in [0.717, 1.165) is 32.1 Å². The lowest BCUT2D eigenvalue weighted by Crippen LogP contribution is -2.51. The van der Waals surface area contributed by atoms with Gasteiger partial charge in [0, 0.05) is 13.1 Å². The van der Waals surface area contributed by atoms with Crippen LogP contribution in [0.4, 0.5) is 0 Å². The van der Waals surface area contributed by atoms with Gasteiger partial charge in [-0.2, -0.15) is 0 Å². The Hall–Kier alpha value is -1.58. The number of amides is 1. The van der Waals surface area contributed by atoms with E-state index in [1.165, 1.54) is 6.08 Å². The first kappa shape index (κ1) is 15.5. The van der Waals surface area contributed by atoms with Crippen molar-refractivity contribution in [3.63, 3.8) is 0 Å². The fraction of sp³-hybridized carbons (Fsp3) is 0.600. The molecule has 1 amide bonds. The van der Waals surface area contributed by atoms with Crippen molar-refractivity contribution in [2.24, 2.45) is 0 Å². The SMILES string of the molecule is CC=CC=CC(=O)N(C)C1(CC(=O)O)CCCCC1. The maximum atomic E-state index is 12.1. The van der Waals surface area contributed by atoms with Crippen molar-refractivity contribution in [3.8, 4) is 0 Å². The normalized spacial score (nSPS) is 18.8. The molecule has 19 heavy (non-hydrogen) atoms. The molecule has 4 nitrogen and oxygen atoms in total. The highest BCUT2D eigenvalue weighted by Crippen LogP contribution is 2.36. The Labute approximate surface area is 114 Å². The largest absolute Gasteiger partial charge is 0.481 e.